The molecule has 1 atom stereocenters. The van der Waals surface area contributed by atoms with Crippen LogP contribution in [0.5, 0.6) is 17.2 Å². The third-order valence-corrected chi connectivity index (χ3v) is 6.38. The summed E-state index contributed by atoms with van der Waals surface area (Å²) < 4.78 is 18.0. The van der Waals surface area contributed by atoms with Gasteiger partial charge in [0.05, 0.1) is 31.2 Å². The van der Waals surface area contributed by atoms with Gasteiger partial charge in [-0.15, -0.1) is 11.3 Å². The Morgan fingerprint density at radius 1 is 0.952 bits per heavy atom. The normalized spacial score (nSPS) is 12.1. The van der Waals surface area contributed by atoms with Gasteiger partial charge in [0.15, 0.2) is 11.5 Å². The van der Waals surface area contributed by atoms with Gasteiger partial charge in [-0.25, -0.2) is 0 Å². The number of benzene rings is 1. The molecule has 21 heavy (non-hydrogen) atoms. The van der Waals surface area contributed by atoms with Gasteiger partial charge >= 0.3 is 0 Å². The van der Waals surface area contributed by atoms with Gasteiger partial charge in [0, 0.05) is 21.0 Å². The van der Waals surface area contributed by atoms with E-state index >= 15 is 0 Å². The summed E-state index contributed by atoms with van der Waals surface area (Å²) in [6.07, 6.45) is 0. The van der Waals surface area contributed by atoms with E-state index in [0.29, 0.717) is 17.2 Å². The fourth-order valence-electron chi connectivity index (χ4n) is 1.97. The lowest BCUT2D eigenvalue weighted by Crippen LogP contribution is -2.12. The van der Waals surface area contributed by atoms with Crippen molar-refractivity contribution in [3.63, 3.8) is 0 Å². The molecule has 1 unspecified atom stereocenters. The van der Waals surface area contributed by atoms with E-state index in [1.165, 1.54) is 0 Å². The lowest BCUT2D eigenvalue weighted by atomic mass is 10.0. The molecule has 1 aromatic carbocycles. The Hall–Kier alpha value is -0.760. The van der Waals surface area contributed by atoms with Crippen molar-refractivity contribution in [1.82, 2.24) is 0 Å². The van der Waals surface area contributed by atoms with Crippen LogP contribution in [-0.2, 0) is 0 Å². The number of nitrogens with two attached hydrogens (primary N) is 1. The Balaban J connectivity index is 2.50. The first-order chi connectivity index (χ1) is 10.0. The van der Waals surface area contributed by atoms with Crippen molar-refractivity contribution < 1.29 is 14.2 Å². The molecule has 0 saturated heterocycles. The van der Waals surface area contributed by atoms with Gasteiger partial charge in [-0.3, -0.25) is 0 Å². The quantitative estimate of drug-likeness (QED) is 0.756. The van der Waals surface area contributed by atoms with Crippen molar-refractivity contribution in [2.24, 2.45) is 5.73 Å². The largest absolute Gasteiger partial charge is 0.496 e. The third-order valence-electron chi connectivity index (χ3n) is 3.04. The topological polar surface area (TPSA) is 53.7 Å². The Labute approximate surface area is 144 Å². The van der Waals surface area contributed by atoms with E-state index in [9.17, 15) is 0 Å². The lowest BCUT2D eigenvalue weighted by Gasteiger charge is -2.17. The number of hydrogen-bond acceptors (Lipinski definition) is 5. The molecule has 0 radical (unpaired) electrons. The zero-order valence-electron chi connectivity index (χ0n) is 11.8. The van der Waals surface area contributed by atoms with Crippen LogP contribution in [0.3, 0.4) is 0 Å². The van der Waals surface area contributed by atoms with Crippen LogP contribution in [0, 0.1) is 0 Å². The van der Waals surface area contributed by atoms with E-state index < -0.39 is 0 Å². The predicted octanol–water partition coefficient (Wildman–Crippen LogP) is 4.35. The first kappa shape index (κ1) is 16.6. The summed E-state index contributed by atoms with van der Waals surface area (Å²) in [6, 6.07) is 5.32. The molecule has 2 aromatic rings. The minimum atomic E-state index is -0.313. The lowest BCUT2D eigenvalue weighted by molar-refractivity contribution is 0.347. The third kappa shape index (κ3) is 3.36. The SMILES string of the molecule is COc1cc(OC)c(C(N)c2cc(Br)c(Br)s2)cc1OC. The zero-order chi connectivity index (χ0) is 15.6. The van der Waals surface area contributed by atoms with Gasteiger partial charge < -0.3 is 19.9 Å². The second-order valence-corrected chi connectivity index (χ2v) is 7.45. The number of methoxy groups -OCH3 is 3. The molecular formula is C14H15Br2NO3S. The van der Waals surface area contributed by atoms with Crippen molar-refractivity contribution in [3.8, 4) is 17.2 Å². The fourth-order valence-corrected chi connectivity index (χ4v) is 4.08. The monoisotopic (exact) mass is 435 g/mol. The summed E-state index contributed by atoms with van der Waals surface area (Å²) in [5.41, 5.74) is 7.23. The number of thiophene rings is 1. The van der Waals surface area contributed by atoms with Crippen molar-refractivity contribution >= 4 is 43.2 Å². The molecule has 0 bridgehead atoms. The second kappa shape index (κ2) is 7.00. The highest BCUT2D eigenvalue weighted by Crippen LogP contribution is 2.42. The molecular weight excluding hydrogens is 422 g/mol. The standard InChI is InChI=1S/C14H15Br2NO3S/c1-18-9-6-11(20-3)10(19-2)4-7(9)13(17)12-5-8(15)14(16)21-12/h4-6,13H,17H2,1-3H3. The zero-order valence-corrected chi connectivity index (χ0v) is 15.8. The molecule has 0 aliphatic rings. The van der Waals surface area contributed by atoms with E-state index in [1.807, 2.05) is 12.1 Å². The molecule has 2 rings (SSSR count). The van der Waals surface area contributed by atoms with Crippen LogP contribution < -0.4 is 19.9 Å². The molecule has 1 aromatic heterocycles. The number of rotatable bonds is 5. The van der Waals surface area contributed by atoms with Crippen LogP contribution in [0.15, 0.2) is 26.5 Å². The molecule has 0 aliphatic carbocycles. The van der Waals surface area contributed by atoms with Crippen LogP contribution >= 0.6 is 43.2 Å². The number of ether oxygens (including phenoxy) is 3. The van der Waals surface area contributed by atoms with Gasteiger partial charge in [-0.2, -0.15) is 0 Å². The first-order valence-electron chi connectivity index (χ1n) is 6.02. The molecule has 7 heteroatoms. The number of hydrogen-bond donors (Lipinski definition) is 1. The van der Waals surface area contributed by atoms with Crippen molar-refractivity contribution in [1.29, 1.82) is 0 Å². The summed E-state index contributed by atoms with van der Waals surface area (Å²) in [7, 11) is 4.79. The summed E-state index contributed by atoms with van der Waals surface area (Å²) in [5, 5.41) is 0. The Morgan fingerprint density at radius 3 is 2.00 bits per heavy atom. The molecule has 0 fully saturated rings. The van der Waals surface area contributed by atoms with Crippen molar-refractivity contribution in [2.75, 3.05) is 21.3 Å². The molecule has 0 amide bonds. The Bertz CT molecular complexity index is 626. The smallest absolute Gasteiger partial charge is 0.164 e. The Kier molecular flexibility index (Phi) is 5.54. The molecule has 0 aliphatic heterocycles. The van der Waals surface area contributed by atoms with Gasteiger partial charge in [-0.1, -0.05) is 0 Å². The maximum Gasteiger partial charge on any atom is 0.164 e. The Morgan fingerprint density at radius 2 is 1.52 bits per heavy atom. The van der Waals surface area contributed by atoms with E-state index in [2.05, 4.69) is 31.9 Å². The van der Waals surface area contributed by atoms with Gasteiger partial charge in [0.2, 0.25) is 0 Å². The highest BCUT2D eigenvalue weighted by atomic mass is 79.9. The maximum atomic E-state index is 6.38. The average molecular weight is 437 g/mol. The molecule has 2 N–H and O–H groups in total. The van der Waals surface area contributed by atoms with Crippen LogP contribution in [0.1, 0.15) is 16.5 Å². The summed E-state index contributed by atoms with van der Waals surface area (Å²) in [6.45, 7) is 0. The summed E-state index contributed by atoms with van der Waals surface area (Å²) in [4.78, 5) is 1.01. The number of halogens is 2. The molecule has 0 spiro atoms. The highest BCUT2D eigenvalue weighted by molar-refractivity contribution is 9.13. The molecule has 0 saturated carbocycles. The van der Waals surface area contributed by atoms with Gasteiger partial charge in [0.1, 0.15) is 5.75 Å². The highest BCUT2D eigenvalue weighted by Gasteiger charge is 2.20. The van der Waals surface area contributed by atoms with Crippen LogP contribution in [0.4, 0.5) is 0 Å². The minimum absolute atomic E-state index is 0.313. The predicted molar refractivity (Wildman–Crippen MR) is 91.8 cm³/mol. The van der Waals surface area contributed by atoms with Crippen LogP contribution in [0.25, 0.3) is 0 Å². The van der Waals surface area contributed by atoms with Crippen molar-refractivity contribution in [2.45, 2.75) is 6.04 Å². The van der Waals surface area contributed by atoms with E-state index in [-0.39, 0.29) is 6.04 Å². The van der Waals surface area contributed by atoms with Crippen LogP contribution in [0.2, 0.25) is 0 Å². The maximum absolute atomic E-state index is 6.38. The first-order valence-corrected chi connectivity index (χ1v) is 8.42. The average Bonchev–Trinajstić information content (AvgIpc) is 2.84. The van der Waals surface area contributed by atoms with E-state index in [4.69, 9.17) is 19.9 Å². The van der Waals surface area contributed by atoms with Crippen LogP contribution in [-0.4, -0.2) is 21.3 Å². The molecule has 1 heterocycles. The van der Waals surface area contributed by atoms with Gasteiger partial charge in [0.25, 0.3) is 0 Å². The van der Waals surface area contributed by atoms with Gasteiger partial charge in [-0.05, 0) is 44.0 Å². The summed E-state index contributed by atoms with van der Waals surface area (Å²) >= 11 is 8.54. The molecule has 114 valence electrons. The van der Waals surface area contributed by atoms with Crippen molar-refractivity contribution in [3.05, 3.63) is 36.9 Å². The van der Waals surface area contributed by atoms with E-state index in [1.54, 1.807) is 38.7 Å². The minimum Gasteiger partial charge on any atom is -0.496 e. The van der Waals surface area contributed by atoms with E-state index in [0.717, 1.165) is 18.7 Å². The molecule has 4 nitrogen and oxygen atoms in total. The summed E-state index contributed by atoms with van der Waals surface area (Å²) in [5.74, 6) is 1.90. The fraction of sp³-hybridized carbons (Fsp3) is 0.286. The second-order valence-electron chi connectivity index (χ2n) is 4.20.